The van der Waals surface area contributed by atoms with E-state index in [1.165, 1.54) is 0 Å². The van der Waals surface area contributed by atoms with Gasteiger partial charge in [0.05, 0.1) is 12.6 Å². The predicted octanol–water partition coefficient (Wildman–Crippen LogP) is -1.34. The van der Waals surface area contributed by atoms with E-state index in [9.17, 15) is 4.79 Å². The third-order valence-electron chi connectivity index (χ3n) is 2.04. The Morgan fingerprint density at radius 1 is 1.77 bits per heavy atom. The van der Waals surface area contributed by atoms with Crippen LogP contribution in [0.5, 0.6) is 0 Å². The van der Waals surface area contributed by atoms with E-state index in [-0.39, 0.29) is 18.5 Å². The van der Waals surface area contributed by atoms with Crippen LogP contribution < -0.4 is 11.1 Å². The van der Waals surface area contributed by atoms with E-state index >= 15 is 0 Å². The normalized spacial score (nSPS) is 22.6. The van der Waals surface area contributed by atoms with Crippen LogP contribution in [-0.2, 0) is 4.79 Å². The van der Waals surface area contributed by atoms with Crippen LogP contribution in [0.1, 0.15) is 6.42 Å². The third-order valence-corrected chi connectivity index (χ3v) is 2.04. The summed E-state index contributed by atoms with van der Waals surface area (Å²) in [4.78, 5) is 13.1. The van der Waals surface area contributed by atoms with Gasteiger partial charge in [0.25, 0.3) is 0 Å². The Labute approximate surface area is 77.5 Å². The van der Waals surface area contributed by atoms with Gasteiger partial charge in [-0.15, -0.1) is 0 Å². The van der Waals surface area contributed by atoms with Gasteiger partial charge in [-0.3, -0.25) is 9.69 Å². The first-order chi connectivity index (χ1) is 6.22. The highest BCUT2D eigenvalue weighted by atomic mass is 16.2. The molecule has 1 aliphatic rings. The van der Waals surface area contributed by atoms with Gasteiger partial charge in [-0.2, -0.15) is 5.26 Å². The van der Waals surface area contributed by atoms with Gasteiger partial charge in [0, 0.05) is 19.1 Å². The van der Waals surface area contributed by atoms with Crippen molar-refractivity contribution in [2.75, 3.05) is 26.2 Å². The number of nitrogens with two attached hydrogens (primary N) is 1. The summed E-state index contributed by atoms with van der Waals surface area (Å²) in [5, 5.41) is 10.7. The lowest BCUT2D eigenvalue weighted by atomic mass is 10.3. The van der Waals surface area contributed by atoms with Crippen LogP contribution in [0.15, 0.2) is 0 Å². The van der Waals surface area contributed by atoms with Gasteiger partial charge in [-0.25, -0.2) is 0 Å². The number of carbonyl (C=O) groups excluding carboxylic acids is 1. The first-order valence-corrected chi connectivity index (χ1v) is 4.34. The molecule has 0 bridgehead atoms. The van der Waals surface area contributed by atoms with Crippen molar-refractivity contribution >= 4 is 5.91 Å². The quantitative estimate of drug-likeness (QED) is 0.529. The number of carbonyl (C=O) groups is 1. The molecule has 5 heteroatoms. The molecule has 1 rings (SSSR count). The third kappa shape index (κ3) is 3.40. The topological polar surface area (TPSA) is 82.2 Å². The molecule has 1 saturated heterocycles. The SMILES string of the molecule is N#CCNC(=O)CN1CCC(N)C1. The molecule has 72 valence electrons. The standard InChI is InChI=1S/C8H14N4O/c9-2-3-11-8(13)6-12-4-1-7(10)5-12/h7H,1,3-6,10H2,(H,11,13). The molecule has 13 heavy (non-hydrogen) atoms. The summed E-state index contributed by atoms with van der Waals surface area (Å²) in [5.41, 5.74) is 5.68. The van der Waals surface area contributed by atoms with Gasteiger partial charge >= 0.3 is 0 Å². The molecule has 0 saturated carbocycles. The van der Waals surface area contributed by atoms with Crippen molar-refractivity contribution in [3.8, 4) is 6.07 Å². The van der Waals surface area contributed by atoms with Gasteiger partial charge in [-0.05, 0) is 6.42 Å². The minimum Gasteiger partial charge on any atom is -0.342 e. The summed E-state index contributed by atoms with van der Waals surface area (Å²) in [5.74, 6) is -0.101. The number of hydrogen-bond acceptors (Lipinski definition) is 4. The molecule has 0 spiro atoms. The fourth-order valence-corrected chi connectivity index (χ4v) is 1.40. The number of likely N-dealkylation sites (tertiary alicyclic amines) is 1. The van der Waals surface area contributed by atoms with Gasteiger partial charge in [0.15, 0.2) is 0 Å². The van der Waals surface area contributed by atoms with E-state index in [4.69, 9.17) is 11.0 Å². The Bertz CT molecular complexity index is 223. The van der Waals surface area contributed by atoms with E-state index in [0.717, 1.165) is 19.5 Å². The zero-order chi connectivity index (χ0) is 9.68. The monoisotopic (exact) mass is 182 g/mol. The Morgan fingerprint density at radius 2 is 2.54 bits per heavy atom. The molecule has 1 aliphatic heterocycles. The molecule has 1 heterocycles. The molecule has 0 aromatic heterocycles. The number of amides is 1. The molecule has 1 unspecified atom stereocenters. The molecule has 1 fully saturated rings. The fourth-order valence-electron chi connectivity index (χ4n) is 1.40. The summed E-state index contributed by atoms with van der Waals surface area (Å²) < 4.78 is 0. The van der Waals surface area contributed by atoms with Crippen molar-refractivity contribution in [2.24, 2.45) is 5.73 Å². The van der Waals surface area contributed by atoms with Crippen LogP contribution >= 0.6 is 0 Å². The highest BCUT2D eigenvalue weighted by Crippen LogP contribution is 2.05. The van der Waals surface area contributed by atoms with E-state index in [2.05, 4.69) is 5.32 Å². The second kappa shape index (κ2) is 4.80. The van der Waals surface area contributed by atoms with E-state index in [0.29, 0.717) is 6.54 Å². The molecule has 0 radical (unpaired) electrons. The van der Waals surface area contributed by atoms with Gasteiger partial charge in [0.2, 0.25) is 5.91 Å². The molecule has 5 nitrogen and oxygen atoms in total. The minimum atomic E-state index is -0.101. The van der Waals surface area contributed by atoms with Crippen molar-refractivity contribution in [3.63, 3.8) is 0 Å². The maximum Gasteiger partial charge on any atom is 0.235 e. The van der Waals surface area contributed by atoms with Crippen molar-refractivity contribution in [1.29, 1.82) is 5.26 Å². The minimum absolute atomic E-state index is 0.0821. The number of rotatable bonds is 3. The molecule has 0 aromatic carbocycles. The number of nitrogens with one attached hydrogen (secondary N) is 1. The zero-order valence-corrected chi connectivity index (χ0v) is 7.49. The maximum atomic E-state index is 11.1. The average molecular weight is 182 g/mol. The Kier molecular flexibility index (Phi) is 3.68. The molecule has 0 aliphatic carbocycles. The van der Waals surface area contributed by atoms with Crippen LogP contribution in [0.3, 0.4) is 0 Å². The summed E-state index contributed by atoms with van der Waals surface area (Å²) in [6.45, 7) is 2.09. The Morgan fingerprint density at radius 3 is 3.08 bits per heavy atom. The highest BCUT2D eigenvalue weighted by Gasteiger charge is 2.20. The summed E-state index contributed by atoms with van der Waals surface area (Å²) in [7, 11) is 0. The molecule has 3 N–H and O–H groups in total. The average Bonchev–Trinajstić information content (AvgIpc) is 2.48. The van der Waals surface area contributed by atoms with Crippen LogP contribution in [0.4, 0.5) is 0 Å². The number of nitrogens with zero attached hydrogens (tertiary/aromatic N) is 2. The van der Waals surface area contributed by atoms with Crippen molar-refractivity contribution in [3.05, 3.63) is 0 Å². The van der Waals surface area contributed by atoms with Crippen molar-refractivity contribution in [1.82, 2.24) is 10.2 Å². The fraction of sp³-hybridized carbons (Fsp3) is 0.750. The van der Waals surface area contributed by atoms with E-state index in [1.807, 2.05) is 11.0 Å². The summed E-state index contributed by atoms with van der Waals surface area (Å²) >= 11 is 0. The molecule has 0 aromatic rings. The second-order valence-electron chi connectivity index (χ2n) is 3.22. The van der Waals surface area contributed by atoms with E-state index in [1.54, 1.807) is 0 Å². The van der Waals surface area contributed by atoms with Crippen LogP contribution in [0.25, 0.3) is 0 Å². The number of nitriles is 1. The van der Waals surface area contributed by atoms with Gasteiger partial charge < -0.3 is 11.1 Å². The molecule has 1 amide bonds. The van der Waals surface area contributed by atoms with Gasteiger partial charge in [0.1, 0.15) is 6.54 Å². The molecule has 1 atom stereocenters. The molecular formula is C8H14N4O. The Hall–Kier alpha value is -1.12. The maximum absolute atomic E-state index is 11.1. The first-order valence-electron chi connectivity index (χ1n) is 4.34. The lowest BCUT2D eigenvalue weighted by Crippen LogP contribution is -2.37. The summed E-state index contributed by atoms with van der Waals surface area (Å²) in [6, 6.07) is 2.06. The van der Waals surface area contributed by atoms with Crippen molar-refractivity contribution in [2.45, 2.75) is 12.5 Å². The van der Waals surface area contributed by atoms with Crippen LogP contribution in [-0.4, -0.2) is 43.0 Å². The largest absolute Gasteiger partial charge is 0.342 e. The number of hydrogen-bond donors (Lipinski definition) is 2. The summed E-state index contributed by atoms with van der Waals surface area (Å²) in [6.07, 6.45) is 0.950. The van der Waals surface area contributed by atoms with Crippen molar-refractivity contribution < 1.29 is 4.79 Å². The lowest BCUT2D eigenvalue weighted by molar-refractivity contribution is -0.121. The predicted molar refractivity (Wildman–Crippen MR) is 47.7 cm³/mol. The van der Waals surface area contributed by atoms with Crippen LogP contribution in [0.2, 0.25) is 0 Å². The van der Waals surface area contributed by atoms with Crippen LogP contribution in [0, 0.1) is 11.3 Å². The highest BCUT2D eigenvalue weighted by molar-refractivity contribution is 5.78. The second-order valence-corrected chi connectivity index (χ2v) is 3.22. The smallest absolute Gasteiger partial charge is 0.235 e. The zero-order valence-electron chi connectivity index (χ0n) is 7.49. The molecular weight excluding hydrogens is 168 g/mol. The van der Waals surface area contributed by atoms with Gasteiger partial charge in [-0.1, -0.05) is 0 Å². The first kappa shape index (κ1) is 9.96. The van der Waals surface area contributed by atoms with E-state index < -0.39 is 0 Å². The lowest BCUT2D eigenvalue weighted by Gasteiger charge is -2.13. The Balaban J connectivity index is 2.18.